The van der Waals surface area contributed by atoms with Crippen LogP contribution in [0.1, 0.15) is 39.2 Å². The summed E-state index contributed by atoms with van der Waals surface area (Å²) in [6, 6.07) is 9.74. The first-order valence-electron chi connectivity index (χ1n) is 8.41. The zero-order chi connectivity index (χ0) is 17.7. The Hall–Kier alpha value is -2.08. The molecule has 1 fully saturated rings. The molecule has 0 aromatic heterocycles. The van der Waals surface area contributed by atoms with E-state index in [4.69, 9.17) is 10.5 Å². The van der Waals surface area contributed by atoms with Crippen LogP contribution in [0, 0.1) is 5.92 Å². The number of carbonyl (C=O) groups is 2. The summed E-state index contributed by atoms with van der Waals surface area (Å²) in [6.07, 6.45) is 0.989. The molecule has 132 valence electrons. The Labute approximate surface area is 143 Å². The Morgan fingerprint density at radius 3 is 2.54 bits per heavy atom. The number of nitrogens with zero attached hydrogens (tertiary/aromatic N) is 2. The maximum absolute atomic E-state index is 12.7. The molecule has 0 saturated carbocycles. The number of ether oxygens (including phenoxy) is 1. The van der Waals surface area contributed by atoms with E-state index in [2.05, 4.69) is 0 Å². The van der Waals surface area contributed by atoms with Gasteiger partial charge in [0.25, 0.3) is 0 Å². The third-order valence-corrected chi connectivity index (χ3v) is 4.51. The predicted octanol–water partition coefficient (Wildman–Crippen LogP) is 2.54. The number of amides is 2. The Morgan fingerprint density at radius 2 is 2.00 bits per heavy atom. The number of primary amides is 1. The molecule has 1 aliphatic heterocycles. The van der Waals surface area contributed by atoms with Crippen LogP contribution in [-0.4, -0.2) is 40.7 Å². The fraction of sp³-hybridized carbons (Fsp3) is 0.556. The summed E-state index contributed by atoms with van der Waals surface area (Å²) in [5, 5.41) is 3.46. The molecule has 1 heterocycles. The van der Waals surface area contributed by atoms with Gasteiger partial charge in [0.15, 0.2) is 0 Å². The summed E-state index contributed by atoms with van der Waals surface area (Å²) in [6.45, 7) is 7.23. The second-order valence-electron chi connectivity index (χ2n) is 6.83. The van der Waals surface area contributed by atoms with Crippen molar-refractivity contribution < 1.29 is 14.3 Å². The SMILES string of the molecule is CCC(C)(C)OC(=O)N(Cc1ccccc1)N1CCC(C(N)=O)C1. The number of benzene rings is 1. The molecule has 2 amide bonds. The van der Waals surface area contributed by atoms with Gasteiger partial charge in [0.2, 0.25) is 5.91 Å². The maximum Gasteiger partial charge on any atom is 0.425 e. The quantitative estimate of drug-likeness (QED) is 0.868. The highest BCUT2D eigenvalue weighted by Gasteiger charge is 2.35. The lowest BCUT2D eigenvalue weighted by Gasteiger charge is -2.34. The molecule has 24 heavy (non-hydrogen) atoms. The second kappa shape index (κ2) is 7.66. The first kappa shape index (κ1) is 18.3. The van der Waals surface area contributed by atoms with E-state index in [0.717, 1.165) is 12.0 Å². The topological polar surface area (TPSA) is 75.9 Å². The van der Waals surface area contributed by atoms with Crippen LogP contribution in [-0.2, 0) is 16.1 Å². The van der Waals surface area contributed by atoms with Crippen LogP contribution < -0.4 is 5.73 Å². The Kier molecular flexibility index (Phi) is 5.83. The van der Waals surface area contributed by atoms with Gasteiger partial charge in [-0.15, -0.1) is 0 Å². The van der Waals surface area contributed by atoms with E-state index in [1.165, 1.54) is 0 Å². The van der Waals surface area contributed by atoms with Gasteiger partial charge < -0.3 is 10.5 Å². The van der Waals surface area contributed by atoms with Gasteiger partial charge in [-0.2, -0.15) is 0 Å². The normalized spacial score (nSPS) is 18.4. The molecular weight excluding hydrogens is 306 g/mol. The fourth-order valence-corrected chi connectivity index (χ4v) is 2.59. The maximum atomic E-state index is 12.7. The monoisotopic (exact) mass is 333 g/mol. The van der Waals surface area contributed by atoms with Crippen LogP contribution in [0.5, 0.6) is 0 Å². The van der Waals surface area contributed by atoms with Crippen LogP contribution in [0.25, 0.3) is 0 Å². The Morgan fingerprint density at radius 1 is 1.33 bits per heavy atom. The lowest BCUT2D eigenvalue weighted by Crippen LogP contribution is -2.47. The third kappa shape index (κ3) is 4.71. The van der Waals surface area contributed by atoms with Gasteiger partial charge >= 0.3 is 6.09 Å². The first-order chi connectivity index (χ1) is 11.3. The molecule has 1 aromatic carbocycles. The van der Waals surface area contributed by atoms with E-state index in [1.54, 1.807) is 5.01 Å². The summed E-state index contributed by atoms with van der Waals surface area (Å²) in [7, 11) is 0. The molecular formula is C18H27N3O3. The van der Waals surface area contributed by atoms with Gasteiger partial charge in [0.1, 0.15) is 5.60 Å². The number of carbonyl (C=O) groups excluding carboxylic acids is 2. The standard InChI is InChI=1S/C18H27N3O3/c1-4-18(2,3)24-17(23)21(12-14-8-6-5-7-9-14)20-11-10-15(13-20)16(19)22/h5-9,15H,4,10-13H2,1-3H3,(H2,19,22). The molecule has 0 radical (unpaired) electrons. The highest BCUT2D eigenvalue weighted by atomic mass is 16.6. The number of hydrazine groups is 1. The number of hydrogen-bond donors (Lipinski definition) is 1. The van der Waals surface area contributed by atoms with Crippen LogP contribution in [0.2, 0.25) is 0 Å². The molecule has 0 bridgehead atoms. The molecule has 6 heteroatoms. The van der Waals surface area contributed by atoms with Crippen molar-refractivity contribution in [3.8, 4) is 0 Å². The lowest BCUT2D eigenvalue weighted by molar-refractivity contribution is -0.122. The molecule has 0 spiro atoms. The average Bonchev–Trinajstić information content (AvgIpc) is 3.03. The van der Waals surface area contributed by atoms with Crippen molar-refractivity contribution in [2.45, 2.75) is 45.8 Å². The fourth-order valence-electron chi connectivity index (χ4n) is 2.59. The summed E-state index contributed by atoms with van der Waals surface area (Å²) in [5.41, 5.74) is 5.88. The van der Waals surface area contributed by atoms with Gasteiger partial charge in [-0.05, 0) is 32.3 Å². The summed E-state index contributed by atoms with van der Waals surface area (Å²) in [4.78, 5) is 24.2. The van der Waals surface area contributed by atoms with Crippen molar-refractivity contribution in [3.63, 3.8) is 0 Å². The minimum Gasteiger partial charge on any atom is -0.442 e. The predicted molar refractivity (Wildman–Crippen MR) is 91.7 cm³/mol. The third-order valence-electron chi connectivity index (χ3n) is 4.51. The Balaban J connectivity index is 2.15. The summed E-state index contributed by atoms with van der Waals surface area (Å²) in [5.74, 6) is -0.547. The molecule has 2 rings (SSSR count). The average molecular weight is 333 g/mol. The molecule has 0 aliphatic carbocycles. The molecule has 2 N–H and O–H groups in total. The van der Waals surface area contributed by atoms with Crippen LogP contribution in [0.15, 0.2) is 30.3 Å². The molecule has 1 aromatic rings. The van der Waals surface area contributed by atoms with Gasteiger partial charge in [0, 0.05) is 13.1 Å². The molecule has 1 saturated heterocycles. The van der Waals surface area contributed by atoms with Crippen molar-refractivity contribution in [1.82, 2.24) is 10.0 Å². The second-order valence-corrected chi connectivity index (χ2v) is 6.83. The molecule has 1 aliphatic rings. The first-order valence-corrected chi connectivity index (χ1v) is 8.41. The van der Waals surface area contributed by atoms with Crippen molar-refractivity contribution in [2.24, 2.45) is 11.7 Å². The van der Waals surface area contributed by atoms with Gasteiger partial charge in [-0.25, -0.2) is 14.8 Å². The van der Waals surface area contributed by atoms with Gasteiger partial charge in [-0.1, -0.05) is 37.3 Å². The summed E-state index contributed by atoms with van der Waals surface area (Å²) >= 11 is 0. The van der Waals surface area contributed by atoms with Crippen molar-refractivity contribution >= 4 is 12.0 Å². The Bertz CT molecular complexity index is 574. The van der Waals surface area contributed by atoms with E-state index >= 15 is 0 Å². The van der Waals surface area contributed by atoms with Crippen LogP contribution >= 0.6 is 0 Å². The highest BCUT2D eigenvalue weighted by molar-refractivity contribution is 5.77. The van der Waals surface area contributed by atoms with Crippen LogP contribution in [0.3, 0.4) is 0 Å². The number of rotatable bonds is 6. The largest absolute Gasteiger partial charge is 0.442 e. The number of hydrogen-bond acceptors (Lipinski definition) is 4. The van der Waals surface area contributed by atoms with E-state index in [1.807, 2.05) is 56.1 Å². The minimum absolute atomic E-state index is 0.227. The molecule has 1 unspecified atom stereocenters. The van der Waals surface area contributed by atoms with Gasteiger partial charge in [-0.3, -0.25) is 4.79 Å². The highest BCUT2D eigenvalue weighted by Crippen LogP contribution is 2.23. The van der Waals surface area contributed by atoms with E-state index in [9.17, 15) is 9.59 Å². The van der Waals surface area contributed by atoms with E-state index in [0.29, 0.717) is 26.1 Å². The minimum atomic E-state index is -0.533. The van der Waals surface area contributed by atoms with Crippen LogP contribution in [0.4, 0.5) is 4.79 Å². The molecule has 1 atom stereocenters. The van der Waals surface area contributed by atoms with E-state index < -0.39 is 11.7 Å². The zero-order valence-electron chi connectivity index (χ0n) is 14.7. The van der Waals surface area contributed by atoms with Crippen molar-refractivity contribution in [1.29, 1.82) is 0 Å². The van der Waals surface area contributed by atoms with Crippen molar-refractivity contribution in [2.75, 3.05) is 13.1 Å². The zero-order valence-corrected chi connectivity index (χ0v) is 14.7. The van der Waals surface area contributed by atoms with Gasteiger partial charge in [0.05, 0.1) is 12.5 Å². The number of nitrogens with two attached hydrogens (primary N) is 1. The lowest BCUT2D eigenvalue weighted by atomic mass is 10.1. The van der Waals surface area contributed by atoms with E-state index in [-0.39, 0.29) is 11.8 Å². The van der Waals surface area contributed by atoms with Crippen molar-refractivity contribution in [3.05, 3.63) is 35.9 Å². The smallest absolute Gasteiger partial charge is 0.425 e. The molecule has 6 nitrogen and oxygen atoms in total. The summed E-state index contributed by atoms with van der Waals surface area (Å²) < 4.78 is 5.66.